The SMILES string of the molecule is Cn1ccnc1C(N)CN1CCCC1. The Kier molecular flexibility index (Phi) is 2.84. The Morgan fingerprint density at radius 3 is 2.79 bits per heavy atom. The van der Waals surface area contributed by atoms with Crippen molar-refractivity contribution in [2.45, 2.75) is 18.9 Å². The van der Waals surface area contributed by atoms with E-state index in [2.05, 4.69) is 9.88 Å². The Morgan fingerprint density at radius 1 is 1.50 bits per heavy atom. The molecule has 0 spiro atoms. The summed E-state index contributed by atoms with van der Waals surface area (Å²) < 4.78 is 2.00. The van der Waals surface area contributed by atoms with Crippen LogP contribution in [0.4, 0.5) is 0 Å². The van der Waals surface area contributed by atoms with E-state index in [4.69, 9.17) is 5.73 Å². The largest absolute Gasteiger partial charge is 0.337 e. The topological polar surface area (TPSA) is 47.1 Å². The molecule has 4 heteroatoms. The Hall–Kier alpha value is -0.870. The zero-order valence-electron chi connectivity index (χ0n) is 8.69. The van der Waals surface area contributed by atoms with Gasteiger partial charge in [-0.1, -0.05) is 0 Å². The Bertz CT molecular complexity index is 288. The summed E-state index contributed by atoms with van der Waals surface area (Å²) in [6.45, 7) is 3.32. The quantitative estimate of drug-likeness (QED) is 0.763. The zero-order chi connectivity index (χ0) is 9.97. The molecular formula is C10H18N4. The molecule has 0 aromatic carbocycles. The average molecular weight is 194 g/mol. The minimum absolute atomic E-state index is 0.0492. The maximum absolute atomic E-state index is 6.10. The van der Waals surface area contributed by atoms with Crippen LogP contribution >= 0.6 is 0 Å². The smallest absolute Gasteiger partial charge is 0.126 e. The first kappa shape index (κ1) is 9.68. The Balaban J connectivity index is 1.95. The van der Waals surface area contributed by atoms with Gasteiger partial charge in [0.15, 0.2) is 0 Å². The van der Waals surface area contributed by atoms with Gasteiger partial charge in [-0.3, -0.25) is 0 Å². The summed E-state index contributed by atoms with van der Waals surface area (Å²) in [7, 11) is 1.99. The molecule has 4 nitrogen and oxygen atoms in total. The van der Waals surface area contributed by atoms with Crippen molar-refractivity contribution in [1.82, 2.24) is 14.5 Å². The van der Waals surface area contributed by atoms with Crippen LogP contribution in [-0.4, -0.2) is 34.1 Å². The minimum atomic E-state index is 0.0492. The summed E-state index contributed by atoms with van der Waals surface area (Å²) in [4.78, 5) is 6.69. The molecule has 1 aromatic rings. The van der Waals surface area contributed by atoms with E-state index < -0.39 is 0 Å². The predicted molar refractivity (Wildman–Crippen MR) is 55.8 cm³/mol. The lowest BCUT2D eigenvalue weighted by Gasteiger charge is -2.19. The molecule has 2 rings (SSSR count). The van der Waals surface area contributed by atoms with Crippen molar-refractivity contribution >= 4 is 0 Å². The molecule has 78 valence electrons. The van der Waals surface area contributed by atoms with Crippen LogP contribution in [0.25, 0.3) is 0 Å². The molecule has 2 N–H and O–H groups in total. The molecule has 1 fully saturated rings. The number of aryl methyl sites for hydroxylation is 1. The van der Waals surface area contributed by atoms with E-state index >= 15 is 0 Å². The van der Waals surface area contributed by atoms with Crippen LogP contribution in [0.3, 0.4) is 0 Å². The third-order valence-electron chi connectivity index (χ3n) is 2.84. The van der Waals surface area contributed by atoms with Gasteiger partial charge in [-0.05, 0) is 25.9 Å². The maximum Gasteiger partial charge on any atom is 0.126 e. The van der Waals surface area contributed by atoms with Crippen molar-refractivity contribution in [2.75, 3.05) is 19.6 Å². The second-order valence-corrected chi connectivity index (χ2v) is 4.01. The lowest BCUT2D eigenvalue weighted by atomic mass is 10.3. The summed E-state index contributed by atoms with van der Waals surface area (Å²) in [5.41, 5.74) is 6.10. The van der Waals surface area contributed by atoms with E-state index in [1.54, 1.807) is 6.20 Å². The summed E-state index contributed by atoms with van der Waals surface area (Å²) in [6, 6.07) is 0.0492. The third kappa shape index (κ3) is 1.96. The van der Waals surface area contributed by atoms with Crippen molar-refractivity contribution in [3.05, 3.63) is 18.2 Å². The van der Waals surface area contributed by atoms with Crippen LogP contribution in [0.5, 0.6) is 0 Å². The third-order valence-corrected chi connectivity index (χ3v) is 2.84. The van der Waals surface area contributed by atoms with Gasteiger partial charge in [-0.2, -0.15) is 0 Å². The van der Waals surface area contributed by atoms with E-state index in [9.17, 15) is 0 Å². The van der Waals surface area contributed by atoms with E-state index in [1.165, 1.54) is 25.9 Å². The normalized spacial score (nSPS) is 20.1. The number of nitrogens with two attached hydrogens (primary N) is 1. The van der Waals surface area contributed by atoms with Gasteiger partial charge in [-0.15, -0.1) is 0 Å². The molecule has 0 bridgehead atoms. The van der Waals surface area contributed by atoms with Gasteiger partial charge in [0.25, 0.3) is 0 Å². The number of hydrogen-bond acceptors (Lipinski definition) is 3. The molecule has 1 aliphatic heterocycles. The molecule has 1 atom stereocenters. The van der Waals surface area contributed by atoms with Gasteiger partial charge >= 0.3 is 0 Å². The first-order valence-electron chi connectivity index (χ1n) is 5.22. The van der Waals surface area contributed by atoms with Crippen molar-refractivity contribution in [1.29, 1.82) is 0 Å². The highest BCUT2D eigenvalue weighted by molar-refractivity contribution is 4.98. The molecule has 0 amide bonds. The second-order valence-electron chi connectivity index (χ2n) is 4.01. The Morgan fingerprint density at radius 2 is 2.21 bits per heavy atom. The molecule has 1 unspecified atom stereocenters. The van der Waals surface area contributed by atoms with Crippen molar-refractivity contribution in [2.24, 2.45) is 12.8 Å². The molecule has 0 saturated carbocycles. The van der Waals surface area contributed by atoms with Crippen molar-refractivity contribution in [3.8, 4) is 0 Å². The number of hydrogen-bond donors (Lipinski definition) is 1. The highest BCUT2D eigenvalue weighted by atomic mass is 15.2. The van der Waals surface area contributed by atoms with Gasteiger partial charge in [0, 0.05) is 26.0 Å². The summed E-state index contributed by atoms with van der Waals surface area (Å²) in [5, 5.41) is 0. The number of nitrogens with zero attached hydrogens (tertiary/aromatic N) is 3. The first-order valence-corrected chi connectivity index (χ1v) is 5.22. The predicted octanol–water partition coefficient (Wildman–Crippen LogP) is 0.516. The summed E-state index contributed by atoms with van der Waals surface area (Å²) in [5.74, 6) is 0.983. The van der Waals surface area contributed by atoms with Gasteiger partial charge in [0.05, 0.1) is 6.04 Å². The first-order chi connectivity index (χ1) is 6.77. The Labute approximate surface area is 84.7 Å². The summed E-state index contributed by atoms with van der Waals surface area (Å²) in [6.07, 6.45) is 6.37. The van der Waals surface area contributed by atoms with E-state index in [0.29, 0.717) is 0 Å². The number of rotatable bonds is 3. The molecule has 0 aliphatic carbocycles. The van der Waals surface area contributed by atoms with E-state index in [0.717, 1.165) is 12.4 Å². The lowest BCUT2D eigenvalue weighted by Crippen LogP contribution is -2.31. The van der Waals surface area contributed by atoms with Gasteiger partial charge in [0.1, 0.15) is 5.82 Å². The number of aromatic nitrogens is 2. The maximum atomic E-state index is 6.10. The van der Waals surface area contributed by atoms with Crippen LogP contribution < -0.4 is 5.73 Å². The number of likely N-dealkylation sites (tertiary alicyclic amines) is 1. The van der Waals surface area contributed by atoms with Gasteiger partial charge in [0.2, 0.25) is 0 Å². The van der Waals surface area contributed by atoms with E-state index in [-0.39, 0.29) is 6.04 Å². The van der Waals surface area contributed by atoms with Crippen LogP contribution in [0.15, 0.2) is 12.4 Å². The van der Waals surface area contributed by atoms with Gasteiger partial charge < -0.3 is 15.2 Å². The summed E-state index contributed by atoms with van der Waals surface area (Å²) >= 11 is 0. The minimum Gasteiger partial charge on any atom is -0.337 e. The fourth-order valence-corrected chi connectivity index (χ4v) is 2.06. The average Bonchev–Trinajstić information content (AvgIpc) is 2.75. The molecule has 14 heavy (non-hydrogen) atoms. The van der Waals surface area contributed by atoms with Crippen molar-refractivity contribution in [3.63, 3.8) is 0 Å². The molecule has 1 aromatic heterocycles. The monoisotopic (exact) mass is 194 g/mol. The van der Waals surface area contributed by atoms with E-state index in [1.807, 2.05) is 17.8 Å². The van der Waals surface area contributed by atoms with Crippen LogP contribution in [0.1, 0.15) is 24.7 Å². The second kappa shape index (κ2) is 4.11. The molecule has 1 aliphatic rings. The zero-order valence-corrected chi connectivity index (χ0v) is 8.69. The highest BCUT2D eigenvalue weighted by Gasteiger charge is 2.18. The molecular weight excluding hydrogens is 176 g/mol. The standard InChI is InChI=1S/C10H18N4/c1-13-7-4-12-10(13)9(11)8-14-5-2-3-6-14/h4,7,9H,2-3,5-6,8,11H2,1H3. The van der Waals surface area contributed by atoms with Crippen LogP contribution in [-0.2, 0) is 7.05 Å². The lowest BCUT2D eigenvalue weighted by molar-refractivity contribution is 0.309. The fraction of sp³-hybridized carbons (Fsp3) is 0.700. The van der Waals surface area contributed by atoms with Crippen LogP contribution in [0.2, 0.25) is 0 Å². The number of imidazole rings is 1. The highest BCUT2D eigenvalue weighted by Crippen LogP contribution is 2.13. The molecule has 2 heterocycles. The van der Waals surface area contributed by atoms with Crippen molar-refractivity contribution < 1.29 is 0 Å². The molecule has 1 saturated heterocycles. The fourth-order valence-electron chi connectivity index (χ4n) is 2.06. The van der Waals surface area contributed by atoms with Crippen LogP contribution in [0, 0.1) is 0 Å². The molecule has 0 radical (unpaired) electrons. The van der Waals surface area contributed by atoms with Gasteiger partial charge in [-0.25, -0.2) is 4.98 Å².